The van der Waals surface area contributed by atoms with Crippen LogP contribution in [-0.2, 0) is 11.2 Å². The Morgan fingerprint density at radius 1 is 1.45 bits per heavy atom. The fraction of sp³-hybridized carbons (Fsp3) is 0.533. The summed E-state index contributed by atoms with van der Waals surface area (Å²) in [5, 5.41) is 3.44. The van der Waals surface area contributed by atoms with Crippen molar-refractivity contribution in [1.29, 1.82) is 0 Å². The number of hydrogen-bond acceptors (Lipinski definition) is 3. The number of benzene rings is 1. The third-order valence-electron chi connectivity index (χ3n) is 3.61. The third kappa shape index (κ3) is 4.80. The fourth-order valence-corrected chi connectivity index (χ4v) is 3.50. The molecule has 0 aromatic heterocycles. The summed E-state index contributed by atoms with van der Waals surface area (Å²) < 4.78 is 12.9. The molecule has 1 amide bonds. The normalized spacial score (nSPS) is 20.6. The Bertz CT molecular complexity index is 432. The molecule has 1 aromatic carbocycles. The lowest BCUT2D eigenvalue weighted by molar-refractivity contribution is -0.121. The zero-order chi connectivity index (χ0) is 14.4. The lowest BCUT2D eigenvalue weighted by Gasteiger charge is -2.24. The van der Waals surface area contributed by atoms with Crippen molar-refractivity contribution in [2.75, 3.05) is 18.1 Å². The first-order chi connectivity index (χ1) is 9.65. The van der Waals surface area contributed by atoms with Crippen LogP contribution in [0.4, 0.5) is 4.39 Å². The second-order valence-electron chi connectivity index (χ2n) is 5.25. The number of carbonyl (C=O) groups excluding carboxylic acids is 1. The van der Waals surface area contributed by atoms with Crippen LogP contribution in [0.25, 0.3) is 0 Å². The van der Waals surface area contributed by atoms with Crippen LogP contribution in [0.15, 0.2) is 24.3 Å². The number of hydrogen-bond donors (Lipinski definition) is 2. The summed E-state index contributed by atoms with van der Waals surface area (Å²) >= 11 is 1.95. The van der Waals surface area contributed by atoms with Gasteiger partial charge in [-0.1, -0.05) is 12.1 Å². The summed E-state index contributed by atoms with van der Waals surface area (Å²) in [5.74, 6) is 1.52. The van der Waals surface area contributed by atoms with Crippen LogP contribution in [0.1, 0.15) is 18.4 Å². The van der Waals surface area contributed by atoms with Gasteiger partial charge in [-0.05, 0) is 42.7 Å². The first-order valence-electron chi connectivity index (χ1n) is 7.00. The van der Waals surface area contributed by atoms with Crippen molar-refractivity contribution in [2.24, 2.45) is 11.7 Å². The van der Waals surface area contributed by atoms with Gasteiger partial charge in [0.1, 0.15) is 5.82 Å². The van der Waals surface area contributed by atoms with Crippen molar-refractivity contribution in [1.82, 2.24) is 5.32 Å². The Hall–Kier alpha value is -1.07. The van der Waals surface area contributed by atoms with E-state index in [4.69, 9.17) is 5.73 Å². The molecule has 1 aliphatic heterocycles. The maximum Gasteiger partial charge on any atom is 0.222 e. The number of rotatable bonds is 6. The molecule has 0 aliphatic carbocycles. The van der Waals surface area contributed by atoms with Crippen molar-refractivity contribution in [3.8, 4) is 0 Å². The standard InChI is InChI=1S/C15H21FN2OS/c16-13-5-3-11(4-6-13)8-12(15(17)19)9-18-14-2-1-7-20-10-14/h3-6,12,14,18H,1-2,7-10H2,(H2,17,19)/t12-,14+/m0/s1. The molecule has 1 aromatic rings. The number of carbonyl (C=O) groups is 1. The van der Waals surface area contributed by atoms with Gasteiger partial charge in [-0.2, -0.15) is 11.8 Å². The molecular formula is C15H21FN2OS. The van der Waals surface area contributed by atoms with Crippen LogP contribution in [0.3, 0.4) is 0 Å². The van der Waals surface area contributed by atoms with E-state index >= 15 is 0 Å². The molecule has 2 atom stereocenters. The highest BCUT2D eigenvalue weighted by molar-refractivity contribution is 7.99. The van der Waals surface area contributed by atoms with Gasteiger partial charge in [0.2, 0.25) is 5.91 Å². The first-order valence-corrected chi connectivity index (χ1v) is 8.15. The first kappa shape index (κ1) is 15.3. The van der Waals surface area contributed by atoms with E-state index < -0.39 is 0 Å². The molecule has 110 valence electrons. The number of primary amides is 1. The third-order valence-corrected chi connectivity index (χ3v) is 4.83. The molecule has 0 spiro atoms. The molecule has 3 nitrogen and oxygen atoms in total. The Morgan fingerprint density at radius 2 is 2.20 bits per heavy atom. The van der Waals surface area contributed by atoms with Crippen molar-refractivity contribution in [2.45, 2.75) is 25.3 Å². The summed E-state index contributed by atoms with van der Waals surface area (Å²) in [6.07, 6.45) is 2.94. The number of nitrogens with one attached hydrogen (secondary N) is 1. The minimum atomic E-state index is -0.301. The van der Waals surface area contributed by atoms with E-state index in [0.29, 0.717) is 19.0 Å². The minimum Gasteiger partial charge on any atom is -0.369 e. The molecule has 1 heterocycles. The van der Waals surface area contributed by atoms with E-state index in [0.717, 1.165) is 17.7 Å². The number of halogens is 1. The predicted octanol–water partition coefficient (Wildman–Crippen LogP) is 1.95. The van der Waals surface area contributed by atoms with E-state index in [1.54, 1.807) is 12.1 Å². The Balaban J connectivity index is 1.86. The second kappa shape index (κ2) is 7.64. The molecular weight excluding hydrogens is 275 g/mol. The molecule has 5 heteroatoms. The highest BCUT2D eigenvalue weighted by Gasteiger charge is 2.19. The monoisotopic (exact) mass is 296 g/mol. The SMILES string of the molecule is NC(=O)[C@H](CN[C@@H]1CCCSC1)Cc1ccc(F)cc1. The lowest BCUT2D eigenvalue weighted by atomic mass is 9.98. The summed E-state index contributed by atoms with van der Waals surface area (Å²) in [5.41, 5.74) is 6.41. The Labute approximate surface area is 123 Å². The van der Waals surface area contributed by atoms with Crippen LogP contribution in [0, 0.1) is 11.7 Å². The van der Waals surface area contributed by atoms with E-state index in [-0.39, 0.29) is 17.6 Å². The molecule has 3 N–H and O–H groups in total. The van der Waals surface area contributed by atoms with E-state index in [9.17, 15) is 9.18 Å². The van der Waals surface area contributed by atoms with Crippen LogP contribution in [0.2, 0.25) is 0 Å². The summed E-state index contributed by atoms with van der Waals surface area (Å²) in [6, 6.07) is 6.73. The van der Waals surface area contributed by atoms with Gasteiger partial charge < -0.3 is 11.1 Å². The summed E-state index contributed by atoms with van der Waals surface area (Å²) in [7, 11) is 0. The number of thioether (sulfide) groups is 1. The number of nitrogens with two attached hydrogens (primary N) is 1. The highest BCUT2D eigenvalue weighted by Crippen LogP contribution is 2.17. The molecule has 1 aliphatic rings. The molecule has 20 heavy (non-hydrogen) atoms. The molecule has 2 rings (SSSR count). The summed E-state index contributed by atoms with van der Waals surface area (Å²) in [6.45, 7) is 0.595. The van der Waals surface area contributed by atoms with E-state index in [2.05, 4.69) is 5.32 Å². The smallest absolute Gasteiger partial charge is 0.222 e. The van der Waals surface area contributed by atoms with Crippen molar-refractivity contribution in [3.63, 3.8) is 0 Å². The zero-order valence-electron chi connectivity index (χ0n) is 11.5. The number of amides is 1. The van der Waals surface area contributed by atoms with Gasteiger partial charge in [-0.15, -0.1) is 0 Å². The van der Waals surface area contributed by atoms with Crippen LogP contribution >= 0.6 is 11.8 Å². The lowest BCUT2D eigenvalue weighted by Crippen LogP contribution is -2.41. The quantitative estimate of drug-likeness (QED) is 0.843. The van der Waals surface area contributed by atoms with Gasteiger partial charge in [0, 0.05) is 18.3 Å². The molecule has 0 bridgehead atoms. The largest absolute Gasteiger partial charge is 0.369 e. The Kier molecular flexibility index (Phi) is 5.86. The van der Waals surface area contributed by atoms with Gasteiger partial charge in [0.15, 0.2) is 0 Å². The summed E-state index contributed by atoms with van der Waals surface area (Å²) in [4.78, 5) is 11.5. The van der Waals surface area contributed by atoms with Crippen molar-refractivity contribution >= 4 is 17.7 Å². The average Bonchev–Trinajstić information content (AvgIpc) is 2.46. The van der Waals surface area contributed by atoms with Gasteiger partial charge in [-0.3, -0.25) is 4.79 Å². The van der Waals surface area contributed by atoms with Crippen molar-refractivity contribution in [3.05, 3.63) is 35.6 Å². The highest BCUT2D eigenvalue weighted by atomic mass is 32.2. The maximum absolute atomic E-state index is 12.9. The predicted molar refractivity (Wildman–Crippen MR) is 81.1 cm³/mol. The molecule has 0 unspecified atom stereocenters. The van der Waals surface area contributed by atoms with E-state index in [1.165, 1.54) is 24.3 Å². The van der Waals surface area contributed by atoms with Crippen LogP contribution in [-0.4, -0.2) is 30.0 Å². The van der Waals surface area contributed by atoms with Crippen LogP contribution < -0.4 is 11.1 Å². The topological polar surface area (TPSA) is 55.1 Å². The fourth-order valence-electron chi connectivity index (χ4n) is 2.39. The minimum absolute atomic E-state index is 0.243. The van der Waals surface area contributed by atoms with Crippen molar-refractivity contribution < 1.29 is 9.18 Å². The van der Waals surface area contributed by atoms with Crippen LogP contribution in [0.5, 0.6) is 0 Å². The molecule has 1 saturated heterocycles. The maximum atomic E-state index is 12.9. The van der Waals surface area contributed by atoms with Gasteiger partial charge in [0.05, 0.1) is 5.92 Å². The zero-order valence-corrected chi connectivity index (χ0v) is 12.3. The average molecular weight is 296 g/mol. The molecule has 0 saturated carbocycles. The van der Waals surface area contributed by atoms with E-state index in [1.807, 2.05) is 11.8 Å². The Morgan fingerprint density at radius 3 is 2.80 bits per heavy atom. The van der Waals surface area contributed by atoms with Gasteiger partial charge in [-0.25, -0.2) is 4.39 Å². The second-order valence-corrected chi connectivity index (χ2v) is 6.40. The van der Waals surface area contributed by atoms with Gasteiger partial charge in [0.25, 0.3) is 0 Å². The molecule has 1 fully saturated rings. The molecule has 0 radical (unpaired) electrons. The van der Waals surface area contributed by atoms with Gasteiger partial charge >= 0.3 is 0 Å².